The molecule has 72 valence electrons. The Morgan fingerprint density at radius 3 is 0.500 bits per heavy atom. The zero-order valence-corrected chi connectivity index (χ0v) is 15.4. The first-order valence-corrected chi connectivity index (χ1v) is 4.93. The van der Waals surface area contributed by atoms with Crippen LogP contribution in [0.4, 0.5) is 0 Å². The summed E-state index contributed by atoms with van der Waals surface area (Å²) in [5, 5.41) is 0. The van der Waals surface area contributed by atoms with Gasteiger partial charge >= 0.3 is 51.7 Å². The molecule has 0 aromatic carbocycles. The number of hydrogen-bond donors (Lipinski definition) is 0. The average Bonchev–Trinajstić information content (AvgIpc) is 1.54. The molecule has 0 aliphatic heterocycles. The van der Waals surface area contributed by atoms with Crippen LogP contribution < -0.4 is 29.4 Å². The van der Waals surface area contributed by atoms with Gasteiger partial charge in [0.05, 0.1) is 0 Å². The van der Waals surface area contributed by atoms with Crippen molar-refractivity contribution in [3.8, 4) is 0 Å². The molecule has 0 bridgehead atoms. The molecule has 0 saturated carbocycles. The molecule has 0 rings (SSSR count). The first kappa shape index (κ1) is 29.7. The quantitative estimate of drug-likeness (QED) is 0.313. The first-order valence-electron chi connectivity index (χ1n) is 1.64. The minimum Gasteiger partial charge on any atom is -0.598 e. The van der Waals surface area contributed by atoms with E-state index in [4.69, 9.17) is 43.1 Å². The van der Waals surface area contributed by atoms with E-state index in [-0.39, 0.29) is 51.7 Å². The van der Waals surface area contributed by atoms with Crippen LogP contribution in [0.15, 0.2) is 0 Å². The van der Waals surface area contributed by atoms with Crippen molar-refractivity contribution in [1.82, 2.24) is 0 Å². The van der Waals surface area contributed by atoms with Crippen LogP contribution in [-0.2, 0) is 13.7 Å². The van der Waals surface area contributed by atoms with Gasteiger partial charge < -0.3 is 29.4 Å². The van der Waals surface area contributed by atoms with Crippen molar-refractivity contribution < 1.29 is 43.1 Å². The van der Waals surface area contributed by atoms with Gasteiger partial charge in [0, 0.05) is 0 Å². The summed E-state index contributed by atoms with van der Waals surface area (Å²) < 4.78 is 25.4. The topological polar surface area (TPSA) is 190 Å². The Labute approximate surface area is 119 Å². The van der Waals surface area contributed by atoms with Crippen LogP contribution in [0.2, 0.25) is 0 Å². The molecule has 0 aliphatic carbocycles. The van der Waals surface area contributed by atoms with Crippen molar-refractivity contribution in [1.29, 1.82) is 0 Å². The van der Waals surface area contributed by atoms with Gasteiger partial charge in [0.1, 0.15) is 0 Å². The van der Waals surface area contributed by atoms with Gasteiger partial charge in [-0.25, -0.2) is 0 Å². The molecule has 0 unspecified atom stereocenters. The molecular formula is In2O9P3+3. The van der Waals surface area contributed by atoms with Crippen molar-refractivity contribution in [3.63, 3.8) is 0 Å². The maximum atomic E-state index is 8.48. The predicted molar refractivity (Wildman–Crippen MR) is 34.3 cm³/mol. The minimum atomic E-state index is -3.37. The van der Waals surface area contributed by atoms with Crippen LogP contribution >= 0.6 is 24.8 Å². The molecule has 14 heteroatoms. The molecule has 0 atom stereocenters. The predicted octanol–water partition coefficient (Wildman–Crippen LogP) is -5.67. The van der Waals surface area contributed by atoms with Gasteiger partial charge in [-0.2, -0.15) is 0 Å². The SMILES string of the molecule is O=[P+]([O-])[O-].O=[P+]([O-])[O-].O=[P+]([O-])[O-].[In+3].[In+3]. The molecule has 0 aromatic rings. The van der Waals surface area contributed by atoms with Crippen LogP contribution in [0.3, 0.4) is 0 Å². The van der Waals surface area contributed by atoms with Gasteiger partial charge in [0.25, 0.3) is 24.8 Å². The Bertz CT molecular complexity index is 116. The Balaban J connectivity index is -0.0000000270. The fourth-order valence-electron chi connectivity index (χ4n) is 0. The third-order valence-electron chi connectivity index (χ3n) is 0. The summed E-state index contributed by atoms with van der Waals surface area (Å²) in [7, 11) is -10.1. The Morgan fingerprint density at radius 2 is 0.500 bits per heavy atom. The largest absolute Gasteiger partial charge is 3.00 e. The molecule has 14 heavy (non-hydrogen) atoms. The smallest absolute Gasteiger partial charge is 0.598 e. The first-order chi connectivity index (χ1) is 5.20. The number of rotatable bonds is 0. The minimum absolute atomic E-state index is 0. The van der Waals surface area contributed by atoms with E-state index >= 15 is 0 Å². The standard InChI is InChI=1S/2In.3HO3P/c;;3*1-4(2)3/h;;3*(H,1,2,3)/q2*+3;;;/p-3. The van der Waals surface area contributed by atoms with E-state index in [2.05, 4.69) is 0 Å². The van der Waals surface area contributed by atoms with Gasteiger partial charge in [-0.3, -0.25) is 0 Å². The summed E-state index contributed by atoms with van der Waals surface area (Å²) in [5.74, 6) is 0. The molecule has 9 nitrogen and oxygen atoms in total. The maximum Gasteiger partial charge on any atom is 3.00 e. The molecule has 0 saturated heterocycles. The van der Waals surface area contributed by atoms with Crippen molar-refractivity contribution in [2.45, 2.75) is 0 Å². The molecule has 0 radical (unpaired) electrons. The second-order valence-electron chi connectivity index (χ2n) is 0.671. The summed E-state index contributed by atoms with van der Waals surface area (Å²) >= 11 is 0. The van der Waals surface area contributed by atoms with Crippen LogP contribution in [0.25, 0.3) is 0 Å². The summed E-state index contributed by atoms with van der Waals surface area (Å²) in [5.41, 5.74) is 0. The van der Waals surface area contributed by atoms with Gasteiger partial charge in [0.15, 0.2) is 0 Å². The summed E-state index contributed by atoms with van der Waals surface area (Å²) in [6, 6.07) is 0. The van der Waals surface area contributed by atoms with E-state index in [1.807, 2.05) is 0 Å². The fourth-order valence-corrected chi connectivity index (χ4v) is 0. The second-order valence-corrected chi connectivity index (χ2v) is 2.01. The van der Waals surface area contributed by atoms with E-state index < -0.39 is 24.8 Å². The third-order valence-corrected chi connectivity index (χ3v) is 0. The Kier molecular flexibility index (Phi) is 51.2. The van der Waals surface area contributed by atoms with E-state index in [1.54, 1.807) is 0 Å². The normalized spacial score (nSPS) is 5.57. The van der Waals surface area contributed by atoms with Gasteiger partial charge in [-0.05, 0) is 0 Å². The Hall–Kier alpha value is 1.80. The maximum absolute atomic E-state index is 8.48. The average molecular weight is 467 g/mol. The molecule has 0 spiro atoms. The van der Waals surface area contributed by atoms with Crippen molar-refractivity contribution >= 4 is 76.5 Å². The van der Waals surface area contributed by atoms with Crippen molar-refractivity contribution in [2.24, 2.45) is 0 Å². The molecule has 0 amide bonds. The Morgan fingerprint density at radius 1 is 0.500 bits per heavy atom. The summed E-state index contributed by atoms with van der Waals surface area (Å²) in [6.07, 6.45) is 0. The summed E-state index contributed by atoms with van der Waals surface area (Å²) in [6.45, 7) is 0. The van der Waals surface area contributed by atoms with Crippen molar-refractivity contribution in [3.05, 3.63) is 0 Å². The fraction of sp³-hybridized carbons (Fsp3) is 0. The van der Waals surface area contributed by atoms with Crippen LogP contribution in [0.1, 0.15) is 0 Å². The molecule has 0 heterocycles. The third kappa shape index (κ3) is 698. The molecule has 0 fully saturated rings. The van der Waals surface area contributed by atoms with E-state index in [1.165, 1.54) is 0 Å². The van der Waals surface area contributed by atoms with Gasteiger partial charge in [-0.15, -0.1) is 0 Å². The summed E-state index contributed by atoms with van der Waals surface area (Å²) in [4.78, 5) is 50.9. The van der Waals surface area contributed by atoms with E-state index in [9.17, 15) is 0 Å². The van der Waals surface area contributed by atoms with Crippen LogP contribution in [0, 0.1) is 0 Å². The zero-order chi connectivity index (χ0) is 10.7. The van der Waals surface area contributed by atoms with E-state index in [0.29, 0.717) is 0 Å². The van der Waals surface area contributed by atoms with E-state index in [0.717, 1.165) is 0 Å². The van der Waals surface area contributed by atoms with Crippen LogP contribution in [-0.4, -0.2) is 51.7 Å². The van der Waals surface area contributed by atoms with Crippen molar-refractivity contribution in [2.75, 3.05) is 0 Å². The molecular weight excluding hydrogens is 467 g/mol. The molecule has 0 N–H and O–H groups in total. The van der Waals surface area contributed by atoms with Crippen LogP contribution in [0.5, 0.6) is 0 Å². The zero-order valence-electron chi connectivity index (χ0n) is 6.17. The monoisotopic (exact) mass is 467 g/mol. The second kappa shape index (κ2) is 24.2. The molecule has 0 aliphatic rings. The van der Waals surface area contributed by atoms with Gasteiger partial charge in [-0.1, -0.05) is 13.7 Å². The van der Waals surface area contributed by atoms with Gasteiger partial charge in [0.2, 0.25) is 0 Å². The number of hydrogen-bond acceptors (Lipinski definition) is 9. The molecule has 0 aromatic heterocycles.